The van der Waals surface area contributed by atoms with Gasteiger partial charge in [0.2, 0.25) is 5.91 Å². The van der Waals surface area contributed by atoms with Crippen molar-refractivity contribution >= 4 is 28.1 Å². The normalized spacial score (nSPS) is 10.9. The van der Waals surface area contributed by atoms with Gasteiger partial charge in [0.05, 0.1) is 6.54 Å². The van der Waals surface area contributed by atoms with Gasteiger partial charge in [0, 0.05) is 28.4 Å². The molecule has 4 heteroatoms. The number of aromatic amines is 1. The lowest BCUT2D eigenvalue weighted by atomic mass is 10.1. The van der Waals surface area contributed by atoms with Gasteiger partial charge in [-0.1, -0.05) is 18.2 Å². The van der Waals surface area contributed by atoms with E-state index in [1.807, 2.05) is 18.3 Å². The van der Waals surface area contributed by atoms with Crippen LogP contribution in [-0.2, 0) is 17.8 Å². The van der Waals surface area contributed by atoms with E-state index in [2.05, 4.69) is 40.8 Å². The Balaban J connectivity index is 1.55. The van der Waals surface area contributed by atoms with Crippen molar-refractivity contribution in [2.45, 2.75) is 26.3 Å². The van der Waals surface area contributed by atoms with Gasteiger partial charge in [0.1, 0.15) is 0 Å². The van der Waals surface area contributed by atoms with Gasteiger partial charge in [0.25, 0.3) is 0 Å². The zero-order valence-corrected chi connectivity index (χ0v) is 12.8. The van der Waals surface area contributed by atoms with E-state index in [0.29, 0.717) is 13.0 Å². The summed E-state index contributed by atoms with van der Waals surface area (Å²) in [6, 6.07) is 10.3. The fourth-order valence-corrected chi connectivity index (χ4v) is 3.28. The number of rotatable bonds is 5. The molecule has 0 aliphatic carbocycles. The van der Waals surface area contributed by atoms with Crippen LogP contribution in [0.5, 0.6) is 0 Å². The molecule has 3 rings (SSSR count). The number of H-pyrrole nitrogens is 1. The van der Waals surface area contributed by atoms with Crippen molar-refractivity contribution in [2.75, 3.05) is 0 Å². The van der Waals surface area contributed by atoms with E-state index in [4.69, 9.17) is 0 Å². The summed E-state index contributed by atoms with van der Waals surface area (Å²) >= 11 is 1.69. The van der Waals surface area contributed by atoms with Gasteiger partial charge in [-0.15, -0.1) is 11.3 Å². The third-order valence-electron chi connectivity index (χ3n) is 3.71. The molecule has 2 aromatic heterocycles. The smallest absolute Gasteiger partial charge is 0.220 e. The second-order valence-electron chi connectivity index (χ2n) is 5.16. The molecule has 0 spiro atoms. The van der Waals surface area contributed by atoms with Crippen LogP contribution < -0.4 is 5.32 Å². The average molecular weight is 298 g/mol. The molecule has 0 atom stereocenters. The maximum atomic E-state index is 12.0. The number of aryl methyl sites for hydroxylation is 2. The molecule has 0 aliphatic rings. The third kappa shape index (κ3) is 3.16. The topological polar surface area (TPSA) is 44.9 Å². The molecule has 3 aromatic rings. The SMILES string of the molecule is Cc1ccsc1CNC(=O)CCc1c[nH]c2ccccc12. The quantitative estimate of drug-likeness (QED) is 0.739. The van der Waals surface area contributed by atoms with E-state index in [1.54, 1.807) is 11.3 Å². The highest BCUT2D eigenvalue weighted by Crippen LogP contribution is 2.19. The van der Waals surface area contributed by atoms with Crippen molar-refractivity contribution in [1.82, 2.24) is 10.3 Å². The lowest BCUT2D eigenvalue weighted by molar-refractivity contribution is -0.121. The molecule has 0 unspecified atom stereocenters. The molecule has 108 valence electrons. The molecule has 0 bridgehead atoms. The minimum absolute atomic E-state index is 0.105. The zero-order chi connectivity index (χ0) is 14.7. The number of amides is 1. The van der Waals surface area contributed by atoms with Crippen molar-refractivity contribution in [3.8, 4) is 0 Å². The third-order valence-corrected chi connectivity index (χ3v) is 4.73. The summed E-state index contributed by atoms with van der Waals surface area (Å²) in [6.45, 7) is 2.71. The van der Waals surface area contributed by atoms with Crippen LogP contribution in [0, 0.1) is 6.92 Å². The highest BCUT2D eigenvalue weighted by molar-refractivity contribution is 7.10. The van der Waals surface area contributed by atoms with Gasteiger partial charge in [-0.2, -0.15) is 0 Å². The summed E-state index contributed by atoms with van der Waals surface area (Å²) in [5, 5.41) is 6.26. The molecule has 0 fully saturated rings. The Morgan fingerprint density at radius 3 is 2.95 bits per heavy atom. The van der Waals surface area contributed by atoms with Gasteiger partial charge in [-0.25, -0.2) is 0 Å². The van der Waals surface area contributed by atoms with E-state index < -0.39 is 0 Å². The number of para-hydroxylation sites is 1. The Bertz CT molecular complexity index is 757. The summed E-state index contributed by atoms with van der Waals surface area (Å²) in [4.78, 5) is 16.4. The number of fused-ring (bicyclic) bond motifs is 1. The van der Waals surface area contributed by atoms with E-state index in [0.717, 1.165) is 11.9 Å². The predicted molar refractivity (Wildman–Crippen MR) is 87.5 cm³/mol. The molecule has 0 saturated heterocycles. The molecule has 0 aliphatic heterocycles. The Morgan fingerprint density at radius 1 is 1.29 bits per heavy atom. The molecular weight excluding hydrogens is 280 g/mol. The number of benzene rings is 1. The number of thiophene rings is 1. The molecule has 0 saturated carbocycles. The molecule has 1 aromatic carbocycles. The van der Waals surface area contributed by atoms with Crippen LogP contribution in [0.2, 0.25) is 0 Å². The zero-order valence-electron chi connectivity index (χ0n) is 12.0. The highest BCUT2D eigenvalue weighted by atomic mass is 32.1. The van der Waals surface area contributed by atoms with Gasteiger partial charge in [-0.3, -0.25) is 4.79 Å². The first-order valence-corrected chi connectivity index (χ1v) is 7.96. The number of nitrogens with one attached hydrogen (secondary N) is 2. The Morgan fingerprint density at radius 2 is 2.14 bits per heavy atom. The van der Waals surface area contributed by atoms with Gasteiger partial charge < -0.3 is 10.3 Å². The number of hydrogen-bond donors (Lipinski definition) is 2. The molecular formula is C17H18N2OS. The van der Waals surface area contributed by atoms with Crippen molar-refractivity contribution in [3.63, 3.8) is 0 Å². The maximum absolute atomic E-state index is 12.0. The first-order chi connectivity index (χ1) is 10.2. The van der Waals surface area contributed by atoms with Crippen molar-refractivity contribution in [3.05, 3.63) is 57.9 Å². The number of hydrogen-bond acceptors (Lipinski definition) is 2. The summed E-state index contributed by atoms with van der Waals surface area (Å²) in [6.07, 6.45) is 3.28. The molecule has 2 heterocycles. The minimum Gasteiger partial charge on any atom is -0.361 e. The Kier molecular flexibility index (Phi) is 4.06. The van der Waals surface area contributed by atoms with Crippen LogP contribution in [0.1, 0.15) is 22.4 Å². The highest BCUT2D eigenvalue weighted by Gasteiger charge is 2.07. The summed E-state index contributed by atoms with van der Waals surface area (Å²) in [5.41, 5.74) is 3.58. The van der Waals surface area contributed by atoms with Crippen LogP contribution >= 0.6 is 11.3 Å². The largest absolute Gasteiger partial charge is 0.361 e. The Hall–Kier alpha value is -2.07. The van der Waals surface area contributed by atoms with E-state index in [9.17, 15) is 4.79 Å². The number of carbonyl (C=O) groups excluding carboxylic acids is 1. The Labute approximate surface area is 128 Å². The molecule has 0 radical (unpaired) electrons. The van der Waals surface area contributed by atoms with Crippen LogP contribution in [0.15, 0.2) is 41.9 Å². The van der Waals surface area contributed by atoms with Crippen LogP contribution in [-0.4, -0.2) is 10.9 Å². The fraction of sp³-hybridized carbons (Fsp3) is 0.235. The van der Waals surface area contributed by atoms with Gasteiger partial charge in [-0.05, 0) is 42.0 Å². The van der Waals surface area contributed by atoms with Crippen molar-refractivity contribution in [1.29, 1.82) is 0 Å². The van der Waals surface area contributed by atoms with Crippen LogP contribution in [0.25, 0.3) is 10.9 Å². The average Bonchev–Trinajstić information content (AvgIpc) is 3.09. The first kappa shape index (κ1) is 13.9. The van der Waals surface area contributed by atoms with Crippen molar-refractivity contribution < 1.29 is 4.79 Å². The standard InChI is InChI=1S/C17H18N2OS/c1-12-8-9-21-16(12)11-19-17(20)7-6-13-10-18-15-5-3-2-4-14(13)15/h2-5,8-10,18H,6-7,11H2,1H3,(H,19,20). The van der Waals surface area contributed by atoms with Crippen LogP contribution in [0.4, 0.5) is 0 Å². The lowest BCUT2D eigenvalue weighted by Crippen LogP contribution is -2.22. The summed E-state index contributed by atoms with van der Waals surface area (Å²) in [5.74, 6) is 0.105. The molecule has 1 amide bonds. The minimum atomic E-state index is 0.105. The second kappa shape index (κ2) is 6.14. The first-order valence-electron chi connectivity index (χ1n) is 7.08. The molecule has 2 N–H and O–H groups in total. The number of aromatic nitrogens is 1. The van der Waals surface area contributed by atoms with E-state index in [-0.39, 0.29) is 5.91 Å². The molecule has 3 nitrogen and oxygen atoms in total. The van der Waals surface area contributed by atoms with Crippen LogP contribution in [0.3, 0.4) is 0 Å². The van der Waals surface area contributed by atoms with Gasteiger partial charge in [0.15, 0.2) is 0 Å². The molecule has 21 heavy (non-hydrogen) atoms. The summed E-state index contributed by atoms with van der Waals surface area (Å²) in [7, 11) is 0. The summed E-state index contributed by atoms with van der Waals surface area (Å²) < 4.78 is 0. The van der Waals surface area contributed by atoms with E-state index >= 15 is 0 Å². The number of carbonyl (C=O) groups is 1. The van der Waals surface area contributed by atoms with Gasteiger partial charge >= 0.3 is 0 Å². The van der Waals surface area contributed by atoms with Crippen molar-refractivity contribution in [2.24, 2.45) is 0 Å². The lowest BCUT2D eigenvalue weighted by Gasteiger charge is -2.04. The maximum Gasteiger partial charge on any atom is 0.220 e. The monoisotopic (exact) mass is 298 g/mol. The fourth-order valence-electron chi connectivity index (χ4n) is 2.44. The predicted octanol–water partition coefficient (Wildman–Crippen LogP) is 3.79. The second-order valence-corrected chi connectivity index (χ2v) is 6.16. The van der Waals surface area contributed by atoms with E-state index in [1.165, 1.54) is 21.4 Å².